The maximum atomic E-state index is 2.32. The third kappa shape index (κ3) is 1.70. The molecule has 54 valence electrons. The number of hydrogen-bond donors (Lipinski definition) is 0. The minimum absolute atomic E-state index is 1.08. The SMILES string of the molecule is CCC1CCC(CC)C1. The maximum Gasteiger partial charge on any atom is -0.0414 e. The molecule has 0 spiro atoms. The summed E-state index contributed by atoms with van der Waals surface area (Å²) in [5.41, 5.74) is 0. The Bertz CT molecular complexity index is 66.1. The summed E-state index contributed by atoms with van der Waals surface area (Å²) in [5.74, 6) is 2.16. The maximum absolute atomic E-state index is 2.32. The van der Waals surface area contributed by atoms with Gasteiger partial charge in [0.15, 0.2) is 0 Å². The second-order valence-corrected chi connectivity index (χ2v) is 3.36. The summed E-state index contributed by atoms with van der Waals surface area (Å²) in [4.78, 5) is 0. The van der Waals surface area contributed by atoms with Crippen molar-refractivity contribution in [3.05, 3.63) is 0 Å². The highest BCUT2D eigenvalue weighted by atomic mass is 14.3. The van der Waals surface area contributed by atoms with Gasteiger partial charge in [0.05, 0.1) is 0 Å². The van der Waals surface area contributed by atoms with Crippen LogP contribution in [0.4, 0.5) is 0 Å². The van der Waals surface area contributed by atoms with E-state index >= 15 is 0 Å². The van der Waals surface area contributed by atoms with Crippen LogP contribution in [0.15, 0.2) is 0 Å². The molecule has 2 unspecified atom stereocenters. The molecule has 0 aromatic carbocycles. The van der Waals surface area contributed by atoms with Gasteiger partial charge in [-0.05, 0) is 18.3 Å². The third-order valence-electron chi connectivity index (χ3n) is 2.80. The van der Waals surface area contributed by atoms with Crippen molar-refractivity contribution < 1.29 is 0 Å². The van der Waals surface area contributed by atoms with E-state index in [1.54, 1.807) is 0 Å². The summed E-state index contributed by atoms with van der Waals surface area (Å²) >= 11 is 0. The molecule has 2 atom stereocenters. The predicted octanol–water partition coefficient (Wildman–Crippen LogP) is 3.22. The van der Waals surface area contributed by atoms with Crippen molar-refractivity contribution in [3.8, 4) is 0 Å². The molecule has 1 aliphatic carbocycles. The van der Waals surface area contributed by atoms with Crippen LogP contribution >= 0.6 is 0 Å². The minimum Gasteiger partial charge on any atom is -0.0651 e. The van der Waals surface area contributed by atoms with Gasteiger partial charge in [-0.15, -0.1) is 0 Å². The second-order valence-electron chi connectivity index (χ2n) is 3.36. The van der Waals surface area contributed by atoms with Gasteiger partial charge in [-0.2, -0.15) is 0 Å². The van der Waals surface area contributed by atoms with Gasteiger partial charge < -0.3 is 0 Å². The van der Waals surface area contributed by atoms with Crippen LogP contribution in [0.25, 0.3) is 0 Å². The largest absolute Gasteiger partial charge is 0.0651 e. The van der Waals surface area contributed by atoms with Gasteiger partial charge >= 0.3 is 0 Å². The fraction of sp³-hybridized carbons (Fsp3) is 1.00. The Balaban J connectivity index is 2.20. The molecule has 0 saturated heterocycles. The molecule has 0 heteroatoms. The lowest BCUT2D eigenvalue weighted by atomic mass is 10.0. The molecule has 0 aromatic heterocycles. The third-order valence-corrected chi connectivity index (χ3v) is 2.80. The van der Waals surface area contributed by atoms with E-state index in [1.165, 1.54) is 32.1 Å². The Hall–Kier alpha value is 0. The molecule has 1 rings (SSSR count). The summed E-state index contributed by atoms with van der Waals surface area (Å²) in [5, 5.41) is 0. The summed E-state index contributed by atoms with van der Waals surface area (Å²) < 4.78 is 0. The van der Waals surface area contributed by atoms with Gasteiger partial charge in [0.2, 0.25) is 0 Å². The molecule has 0 heterocycles. The van der Waals surface area contributed by atoms with Gasteiger partial charge in [-0.3, -0.25) is 0 Å². The molecular weight excluding hydrogens is 108 g/mol. The van der Waals surface area contributed by atoms with Crippen LogP contribution in [-0.2, 0) is 0 Å². The van der Waals surface area contributed by atoms with E-state index in [4.69, 9.17) is 0 Å². The van der Waals surface area contributed by atoms with Crippen LogP contribution in [0, 0.1) is 11.8 Å². The van der Waals surface area contributed by atoms with Crippen LogP contribution in [-0.4, -0.2) is 0 Å². The highest BCUT2D eigenvalue weighted by Crippen LogP contribution is 2.34. The molecule has 1 saturated carbocycles. The molecule has 0 aliphatic heterocycles. The summed E-state index contributed by atoms with van der Waals surface area (Å²) in [7, 11) is 0. The zero-order valence-electron chi connectivity index (χ0n) is 6.69. The van der Waals surface area contributed by atoms with Crippen molar-refractivity contribution in [2.75, 3.05) is 0 Å². The van der Waals surface area contributed by atoms with Crippen molar-refractivity contribution in [1.82, 2.24) is 0 Å². The fourth-order valence-electron chi connectivity index (χ4n) is 1.92. The van der Waals surface area contributed by atoms with Gasteiger partial charge in [-0.25, -0.2) is 0 Å². The van der Waals surface area contributed by atoms with Crippen LogP contribution in [0.1, 0.15) is 46.0 Å². The standard InChI is InChI=1S/C9H18/c1-3-8-5-6-9(4-2)7-8/h8-9H,3-7H2,1-2H3. The summed E-state index contributed by atoms with van der Waals surface area (Å²) in [6, 6.07) is 0. The lowest BCUT2D eigenvalue weighted by Gasteiger charge is -2.05. The topological polar surface area (TPSA) is 0 Å². The lowest BCUT2D eigenvalue weighted by molar-refractivity contribution is 0.471. The smallest absolute Gasteiger partial charge is 0.0414 e. The molecule has 0 aromatic rings. The Morgan fingerprint density at radius 1 is 1.00 bits per heavy atom. The second kappa shape index (κ2) is 3.24. The van der Waals surface area contributed by atoms with E-state index in [0.29, 0.717) is 0 Å². The first-order valence-electron chi connectivity index (χ1n) is 4.36. The Labute approximate surface area is 58.7 Å². The first-order valence-corrected chi connectivity index (χ1v) is 4.36. The molecule has 0 bridgehead atoms. The summed E-state index contributed by atoms with van der Waals surface area (Å²) in [6.07, 6.45) is 7.37. The van der Waals surface area contributed by atoms with Crippen molar-refractivity contribution >= 4 is 0 Å². The quantitative estimate of drug-likeness (QED) is 0.533. The molecule has 0 N–H and O–H groups in total. The van der Waals surface area contributed by atoms with Crippen molar-refractivity contribution in [3.63, 3.8) is 0 Å². The summed E-state index contributed by atoms with van der Waals surface area (Å²) in [6.45, 7) is 4.64. The van der Waals surface area contributed by atoms with Crippen LogP contribution in [0.5, 0.6) is 0 Å². The highest BCUT2D eigenvalue weighted by molar-refractivity contribution is 4.73. The molecule has 1 fully saturated rings. The molecule has 9 heavy (non-hydrogen) atoms. The van der Waals surface area contributed by atoms with Crippen LogP contribution < -0.4 is 0 Å². The van der Waals surface area contributed by atoms with Crippen LogP contribution in [0.2, 0.25) is 0 Å². The Morgan fingerprint density at radius 3 is 1.67 bits per heavy atom. The van der Waals surface area contributed by atoms with E-state index in [0.717, 1.165) is 11.8 Å². The number of rotatable bonds is 2. The van der Waals surface area contributed by atoms with Crippen molar-refractivity contribution in [1.29, 1.82) is 0 Å². The average molecular weight is 126 g/mol. The highest BCUT2D eigenvalue weighted by Gasteiger charge is 2.20. The van der Waals surface area contributed by atoms with E-state index in [2.05, 4.69) is 13.8 Å². The minimum atomic E-state index is 1.08. The van der Waals surface area contributed by atoms with Crippen molar-refractivity contribution in [2.45, 2.75) is 46.0 Å². The van der Waals surface area contributed by atoms with Gasteiger partial charge in [0.25, 0.3) is 0 Å². The number of hydrogen-bond acceptors (Lipinski definition) is 0. The molecule has 1 aliphatic rings. The normalized spacial score (nSPS) is 35.3. The zero-order chi connectivity index (χ0) is 6.69. The first kappa shape index (κ1) is 7.11. The molecular formula is C9H18. The molecule has 0 nitrogen and oxygen atoms in total. The Kier molecular flexibility index (Phi) is 2.56. The van der Waals surface area contributed by atoms with Crippen LogP contribution in [0.3, 0.4) is 0 Å². The van der Waals surface area contributed by atoms with Gasteiger partial charge in [0.1, 0.15) is 0 Å². The first-order chi connectivity index (χ1) is 4.36. The molecule has 0 amide bonds. The fourth-order valence-corrected chi connectivity index (χ4v) is 1.92. The van der Waals surface area contributed by atoms with E-state index in [1.807, 2.05) is 0 Å². The van der Waals surface area contributed by atoms with Crippen molar-refractivity contribution in [2.24, 2.45) is 11.8 Å². The zero-order valence-corrected chi connectivity index (χ0v) is 6.69. The monoisotopic (exact) mass is 126 g/mol. The predicted molar refractivity (Wildman–Crippen MR) is 41.4 cm³/mol. The van der Waals surface area contributed by atoms with E-state index < -0.39 is 0 Å². The van der Waals surface area contributed by atoms with E-state index in [9.17, 15) is 0 Å². The average Bonchev–Trinajstić information content (AvgIpc) is 2.34. The Morgan fingerprint density at radius 2 is 1.44 bits per heavy atom. The lowest BCUT2D eigenvalue weighted by Crippen LogP contribution is -1.92. The van der Waals surface area contributed by atoms with E-state index in [-0.39, 0.29) is 0 Å². The van der Waals surface area contributed by atoms with Gasteiger partial charge in [-0.1, -0.05) is 39.5 Å². The van der Waals surface area contributed by atoms with Gasteiger partial charge in [0, 0.05) is 0 Å². The molecule has 0 radical (unpaired) electrons.